The summed E-state index contributed by atoms with van der Waals surface area (Å²) in [4.78, 5) is 18.2. The van der Waals surface area contributed by atoms with E-state index in [0.29, 0.717) is 0 Å². The van der Waals surface area contributed by atoms with Crippen molar-refractivity contribution in [2.75, 3.05) is 0 Å². The molecule has 2 aliphatic rings. The van der Waals surface area contributed by atoms with Crippen LogP contribution in [0.2, 0.25) is 0 Å². The number of aromatic amines is 2. The first-order valence-electron chi connectivity index (χ1n) is 15.7. The molecule has 5 rings (SSSR count). The zero-order chi connectivity index (χ0) is 28.6. The van der Waals surface area contributed by atoms with E-state index in [0.717, 1.165) is 74.1 Å². The molecule has 0 spiro atoms. The standard InChI is InChI=1S/C36H46N4.Cu/c1-9-21-22(10-2)30-18-32-25(13-5)26(14-6)34(39-32)20-36-28(16-8)27(15-7)35(40-36)19-33-24(12-4)23(11-3)31(38-33)17-29(21)37-30;/h17-20,37,40H,9-16H2,1-8H3;/q;+2. The molecule has 1 radical (unpaired) electrons. The van der Waals surface area contributed by atoms with E-state index in [1.54, 1.807) is 0 Å². The van der Waals surface area contributed by atoms with Gasteiger partial charge in [-0.1, -0.05) is 55.4 Å². The molecule has 0 amide bonds. The minimum atomic E-state index is 0. The van der Waals surface area contributed by atoms with Crippen molar-refractivity contribution in [3.05, 3.63) is 69.3 Å². The van der Waals surface area contributed by atoms with Crippen LogP contribution in [-0.2, 0) is 42.8 Å². The summed E-state index contributed by atoms with van der Waals surface area (Å²) in [6, 6.07) is 9.24. The molecule has 8 bridgehead atoms. The smallest absolute Gasteiger partial charge is 0.355 e. The first-order chi connectivity index (χ1) is 19.5. The molecule has 219 valence electrons. The van der Waals surface area contributed by atoms with Gasteiger partial charge in [0.05, 0.1) is 22.8 Å². The van der Waals surface area contributed by atoms with E-state index in [2.05, 4.69) is 89.6 Å². The molecule has 3 aromatic heterocycles. The van der Waals surface area contributed by atoms with Gasteiger partial charge in [0.2, 0.25) is 0 Å². The van der Waals surface area contributed by atoms with Crippen molar-refractivity contribution in [3.63, 3.8) is 0 Å². The molecule has 0 aliphatic carbocycles. The zero-order valence-electron chi connectivity index (χ0n) is 26.2. The maximum atomic E-state index is 5.29. The second-order valence-corrected chi connectivity index (χ2v) is 10.9. The van der Waals surface area contributed by atoms with Crippen LogP contribution >= 0.6 is 0 Å². The number of nitrogens with one attached hydrogen (secondary N) is 2. The van der Waals surface area contributed by atoms with Gasteiger partial charge in [0.1, 0.15) is 0 Å². The molecule has 0 saturated carbocycles. The Bertz CT molecular complexity index is 1440. The largest absolute Gasteiger partial charge is 2.00 e. The molecule has 0 saturated heterocycles. The van der Waals surface area contributed by atoms with E-state index in [4.69, 9.17) is 9.97 Å². The van der Waals surface area contributed by atoms with Crippen LogP contribution in [0.15, 0.2) is 24.3 Å². The molecule has 3 aromatic rings. The van der Waals surface area contributed by atoms with Crippen molar-refractivity contribution < 1.29 is 17.1 Å². The van der Waals surface area contributed by atoms with Gasteiger partial charge in [-0.15, -0.1) is 0 Å². The number of fused-ring (bicyclic) bond motifs is 8. The van der Waals surface area contributed by atoms with Crippen LogP contribution in [0.4, 0.5) is 0 Å². The maximum Gasteiger partial charge on any atom is 2.00 e. The molecular formula is C36H46CuN4+2. The quantitative estimate of drug-likeness (QED) is 0.254. The fourth-order valence-electron chi connectivity index (χ4n) is 7.10. The van der Waals surface area contributed by atoms with E-state index >= 15 is 0 Å². The Hall–Kier alpha value is -2.88. The van der Waals surface area contributed by atoms with Crippen LogP contribution in [0.1, 0.15) is 126 Å². The number of aryl methyl sites for hydroxylation is 4. The van der Waals surface area contributed by atoms with Crippen molar-refractivity contribution in [1.29, 1.82) is 0 Å². The second-order valence-electron chi connectivity index (χ2n) is 10.9. The monoisotopic (exact) mass is 597 g/mol. The molecule has 5 heterocycles. The number of hydrogen-bond acceptors (Lipinski definition) is 2. The third-order valence-electron chi connectivity index (χ3n) is 8.97. The fraction of sp³-hybridized carbons (Fsp3) is 0.444. The van der Waals surface area contributed by atoms with E-state index in [1.165, 1.54) is 66.6 Å². The van der Waals surface area contributed by atoms with E-state index in [-0.39, 0.29) is 17.1 Å². The fourth-order valence-corrected chi connectivity index (χ4v) is 7.10. The predicted molar refractivity (Wildman–Crippen MR) is 173 cm³/mol. The second kappa shape index (κ2) is 13.0. The summed E-state index contributed by atoms with van der Waals surface area (Å²) in [5.74, 6) is 0. The Labute approximate surface area is 256 Å². The molecule has 41 heavy (non-hydrogen) atoms. The number of hydrogen-bond donors (Lipinski definition) is 2. The molecule has 5 heteroatoms. The Morgan fingerprint density at radius 1 is 0.390 bits per heavy atom. The van der Waals surface area contributed by atoms with Crippen LogP contribution in [0.5, 0.6) is 0 Å². The van der Waals surface area contributed by atoms with E-state index < -0.39 is 0 Å². The molecule has 4 nitrogen and oxygen atoms in total. The van der Waals surface area contributed by atoms with Gasteiger partial charge in [-0.3, -0.25) is 0 Å². The Morgan fingerprint density at radius 2 is 0.610 bits per heavy atom. The third kappa shape index (κ3) is 5.28. The first kappa shape index (κ1) is 31.1. The number of rotatable bonds is 8. The van der Waals surface area contributed by atoms with Gasteiger partial charge in [0, 0.05) is 22.1 Å². The van der Waals surface area contributed by atoms with Gasteiger partial charge in [0.25, 0.3) is 0 Å². The summed E-state index contributed by atoms with van der Waals surface area (Å²) in [6.45, 7) is 18.1. The first-order valence-corrected chi connectivity index (χ1v) is 15.7. The van der Waals surface area contributed by atoms with Gasteiger partial charge in [-0.2, -0.15) is 0 Å². The van der Waals surface area contributed by atoms with E-state index in [9.17, 15) is 0 Å². The Balaban J connectivity index is 0.00000387. The summed E-state index contributed by atoms with van der Waals surface area (Å²) in [6.07, 6.45) is 7.84. The summed E-state index contributed by atoms with van der Waals surface area (Å²) in [5.41, 5.74) is 20.2. The summed E-state index contributed by atoms with van der Waals surface area (Å²) < 4.78 is 0. The Kier molecular flexibility index (Phi) is 9.82. The van der Waals surface area contributed by atoms with Crippen molar-refractivity contribution in [1.82, 2.24) is 19.9 Å². The molecule has 2 aliphatic heterocycles. The normalized spacial score (nSPS) is 13.3. The SMILES string of the molecule is CCC1=C(CC)c2cc3[nH]c(cc4nc(cc5[nH]c(cc1n2)c(CC)c5CC)C(CC)=C4CC)c(CC)c3CC.[Cu+2]. The maximum absolute atomic E-state index is 5.29. The number of H-pyrrole nitrogens is 2. The minimum Gasteiger partial charge on any atom is -0.355 e. The molecule has 0 atom stereocenters. The third-order valence-corrected chi connectivity index (χ3v) is 8.97. The van der Waals surface area contributed by atoms with Gasteiger partial charge in [-0.25, -0.2) is 9.97 Å². The van der Waals surface area contributed by atoms with Gasteiger partial charge >= 0.3 is 17.1 Å². The van der Waals surface area contributed by atoms with Gasteiger partial charge < -0.3 is 9.97 Å². The molecular weight excluding hydrogens is 552 g/mol. The van der Waals surface area contributed by atoms with Crippen LogP contribution < -0.4 is 0 Å². The predicted octanol–water partition coefficient (Wildman–Crippen LogP) is 10.0. The minimum absolute atomic E-state index is 0. The summed E-state index contributed by atoms with van der Waals surface area (Å²) in [7, 11) is 0. The van der Waals surface area contributed by atoms with Gasteiger partial charge in [-0.05, 0) is 120 Å². The van der Waals surface area contributed by atoms with Crippen molar-refractivity contribution in [2.45, 2.75) is 107 Å². The summed E-state index contributed by atoms with van der Waals surface area (Å²) in [5, 5.41) is 0. The molecule has 0 unspecified atom stereocenters. The summed E-state index contributed by atoms with van der Waals surface area (Å²) >= 11 is 0. The van der Waals surface area contributed by atoms with E-state index in [1.807, 2.05) is 0 Å². The average molecular weight is 598 g/mol. The van der Waals surface area contributed by atoms with Crippen LogP contribution in [0.25, 0.3) is 44.4 Å². The van der Waals surface area contributed by atoms with Crippen molar-refractivity contribution >= 4 is 44.4 Å². The molecule has 2 N–H and O–H groups in total. The van der Waals surface area contributed by atoms with Crippen LogP contribution in [0, 0.1) is 0 Å². The van der Waals surface area contributed by atoms with Crippen molar-refractivity contribution in [3.8, 4) is 0 Å². The topological polar surface area (TPSA) is 57.4 Å². The Morgan fingerprint density at radius 3 is 0.780 bits per heavy atom. The van der Waals surface area contributed by atoms with Gasteiger partial charge in [0.15, 0.2) is 0 Å². The number of allylic oxidation sites excluding steroid dienone is 4. The van der Waals surface area contributed by atoms with Crippen molar-refractivity contribution in [2.24, 2.45) is 0 Å². The molecule has 0 fully saturated rings. The van der Waals surface area contributed by atoms with Crippen LogP contribution in [-0.4, -0.2) is 19.9 Å². The van der Waals surface area contributed by atoms with Crippen LogP contribution in [0.3, 0.4) is 0 Å². The molecule has 0 aromatic carbocycles. The number of nitrogens with zero attached hydrogens (tertiary/aromatic N) is 2. The average Bonchev–Trinajstić information content (AvgIpc) is 3.67. The zero-order valence-corrected chi connectivity index (χ0v) is 27.1. The number of aromatic nitrogens is 4.